The number of carboxylic acids is 2. The molecule has 2 aliphatic rings. The molecule has 0 aliphatic carbocycles. The molecule has 30 heavy (non-hydrogen) atoms. The largest absolute Gasteiger partial charge is 0.481 e. The molecule has 0 saturated carbocycles. The first-order valence-electron chi connectivity index (χ1n) is 9.86. The van der Waals surface area contributed by atoms with E-state index in [0.717, 1.165) is 24.2 Å². The number of piperidine rings is 1. The van der Waals surface area contributed by atoms with Crippen molar-refractivity contribution < 1.29 is 24.9 Å². The molecule has 2 heterocycles. The van der Waals surface area contributed by atoms with Gasteiger partial charge in [0.25, 0.3) is 0 Å². The van der Waals surface area contributed by atoms with Crippen LogP contribution in [0.3, 0.4) is 0 Å². The Morgan fingerprint density at radius 1 is 0.833 bits per heavy atom. The lowest BCUT2D eigenvalue weighted by atomic mass is 9.99. The van der Waals surface area contributed by atoms with E-state index in [1.165, 1.54) is 19.4 Å². The highest BCUT2D eigenvalue weighted by Crippen LogP contribution is 2.26. The monoisotopic (exact) mass is 435 g/mol. The predicted molar refractivity (Wildman–Crippen MR) is 118 cm³/mol. The van der Waals surface area contributed by atoms with E-state index in [9.17, 15) is 14.7 Å². The Morgan fingerprint density at radius 2 is 1.30 bits per heavy atom. The smallest absolute Gasteiger partial charge is 0.307 e. The molecule has 3 unspecified atom stereocenters. The Labute approximate surface area is 183 Å². The van der Waals surface area contributed by atoms with Crippen LogP contribution in [0.5, 0.6) is 0 Å². The summed E-state index contributed by atoms with van der Waals surface area (Å²) in [5, 5.41) is 26.1. The molecule has 2 saturated heterocycles. The Balaban J connectivity index is 0.000000221. The highest BCUT2D eigenvalue weighted by molar-refractivity contribution is 5.85. The normalized spacial score (nSPS) is 21.0. The average Bonchev–Trinajstić information content (AvgIpc) is 2.94. The first-order valence-corrected chi connectivity index (χ1v) is 9.86. The molecule has 0 amide bonds. The van der Waals surface area contributed by atoms with Gasteiger partial charge in [0.2, 0.25) is 0 Å². The number of carboxylic acid groups (broad SMARTS) is 2. The zero-order chi connectivity index (χ0) is 21.1. The fourth-order valence-electron chi connectivity index (χ4n) is 3.53. The molecule has 7 heteroatoms. The Morgan fingerprint density at radius 3 is 1.67 bits per heavy atom. The van der Waals surface area contributed by atoms with Gasteiger partial charge in [0, 0.05) is 13.1 Å². The standard InChI is InChI=1S/2C8H8O2.C7H13NO.ClH/c2*9-8(10)6-7-4-2-1-3-5-7;9-7-5-8-3-1-2-6(7)4-8;/h2*1-5H,6H2,(H,9,10);6-7,9H,1-5H2;1H. The molecule has 0 spiro atoms. The SMILES string of the molecule is Cl.O=C(O)Cc1ccccc1.O=C(O)Cc1ccccc1.OC1CN2CCCC1C2. The summed E-state index contributed by atoms with van der Waals surface area (Å²) in [6.07, 6.45) is 2.76. The first-order chi connectivity index (χ1) is 13.9. The van der Waals surface area contributed by atoms with Gasteiger partial charge in [0.1, 0.15) is 0 Å². The number of fused-ring (bicyclic) bond motifs is 2. The molecule has 0 radical (unpaired) electrons. The molecule has 2 aromatic carbocycles. The third-order valence-electron chi connectivity index (χ3n) is 4.93. The number of hydrogen-bond donors (Lipinski definition) is 3. The maximum Gasteiger partial charge on any atom is 0.307 e. The first kappa shape index (κ1) is 25.6. The highest BCUT2D eigenvalue weighted by atomic mass is 35.5. The molecule has 2 aromatic rings. The van der Waals surface area contributed by atoms with Gasteiger partial charge < -0.3 is 20.2 Å². The van der Waals surface area contributed by atoms with Crippen LogP contribution >= 0.6 is 12.4 Å². The summed E-state index contributed by atoms with van der Waals surface area (Å²) < 4.78 is 0. The van der Waals surface area contributed by atoms with E-state index in [1.807, 2.05) is 36.4 Å². The molecule has 0 aromatic heterocycles. The van der Waals surface area contributed by atoms with Gasteiger partial charge in [-0.25, -0.2) is 0 Å². The summed E-state index contributed by atoms with van der Waals surface area (Å²) in [6.45, 7) is 3.30. The fraction of sp³-hybridized carbons (Fsp3) is 0.391. The lowest BCUT2D eigenvalue weighted by Gasteiger charge is -2.20. The second-order valence-corrected chi connectivity index (χ2v) is 7.34. The Hall–Kier alpha value is -2.41. The zero-order valence-electron chi connectivity index (χ0n) is 16.9. The van der Waals surface area contributed by atoms with Crippen LogP contribution in [0.2, 0.25) is 0 Å². The van der Waals surface area contributed by atoms with Gasteiger partial charge in [0.05, 0.1) is 18.9 Å². The average molecular weight is 436 g/mol. The number of aliphatic hydroxyl groups is 1. The van der Waals surface area contributed by atoms with Crippen molar-refractivity contribution >= 4 is 24.3 Å². The summed E-state index contributed by atoms with van der Waals surface area (Å²) in [4.78, 5) is 22.7. The summed E-state index contributed by atoms with van der Waals surface area (Å²) in [6, 6.07) is 18.3. The predicted octanol–water partition coefficient (Wildman–Crippen LogP) is 3.12. The van der Waals surface area contributed by atoms with Crippen molar-refractivity contribution in [2.45, 2.75) is 31.8 Å². The van der Waals surface area contributed by atoms with Crippen LogP contribution in [-0.2, 0) is 22.4 Å². The second kappa shape index (κ2) is 13.7. The number of aliphatic carboxylic acids is 2. The topological polar surface area (TPSA) is 98.1 Å². The molecular formula is C23H30ClNO5. The Bertz CT molecular complexity index is 703. The zero-order valence-corrected chi connectivity index (χ0v) is 17.7. The number of carbonyl (C=O) groups is 2. The van der Waals surface area contributed by atoms with Gasteiger partial charge in [-0.3, -0.25) is 9.59 Å². The number of rotatable bonds is 4. The maximum atomic E-state index is 10.2. The van der Waals surface area contributed by atoms with Crippen LogP contribution < -0.4 is 0 Å². The van der Waals surface area contributed by atoms with E-state index < -0.39 is 11.9 Å². The van der Waals surface area contributed by atoms with Crippen LogP contribution in [0, 0.1) is 5.92 Å². The lowest BCUT2D eigenvalue weighted by molar-refractivity contribution is -0.137. The molecule has 2 aliphatic heterocycles. The molecule has 3 N–H and O–H groups in total. The van der Waals surface area contributed by atoms with Gasteiger partial charge in [-0.15, -0.1) is 12.4 Å². The third kappa shape index (κ3) is 9.87. The molecule has 2 bridgehead atoms. The number of halogens is 1. The van der Waals surface area contributed by atoms with Gasteiger partial charge in [-0.2, -0.15) is 0 Å². The summed E-state index contributed by atoms with van der Waals surface area (Å²) in [7, 11) is 0. The minimum atomic E-state index is -0.786. The summed E-state index contributed by atoms with van der Waals surface area (Å²) >= 11 is 0. The van der Waals surface area contributed by atoms with E-state index in [2.05, 4.69) is 4.90 Å². The van der Waals surface area contributed by atoms with Crippen molar-refractivity contribution in [1.82, 2.24) is 4.90 Å². The molecule has 164 valence electrons. The summed E-state index contributed by atoms with van der Waals surface area (Å²) in [5.41, 5.74) is 1.69. The van der Waals surface area contributed by atoms with Crippen LogP contribution in [-0.4, -0.2) is 57.9 Å². The van der Waals surface area contributed by atoms with Crippen molar-refractivity contribution in [3.05, 3.63) is 71.8 Å². The van der Waals surface area contributed by atoms with Gasteiger partial charge in [-0.1, -0.05) is 60.7 Å². The van der Waals surface area contributed by atoms with Gasteiger partial charge in [-0.05, 0) is 36.4 Å². The summed E-state index contributed by atoms with van der Waals surface area (Å²) in [5.74, 6) is -0.962. The van der Waals surface area contributed by atoms with E-state index in [4.69, 9.17) is 10.2 Å². The van der Waals surface area contributed by atoms with Crippen LogP contribution in [0.15, 0.2) is 60.7 Å². The van der Waals surface area contributed by atoms with E-state index in [0.29, 0.717) is 5.92 Å². The number of hydrogen-bond acceptors (Lipinski definition) is 4. The van der Waals surface area contributed by atoms with Crippen LogP contribution in [0.4, 0.5) is 0 Å². The van der Waals surface area contributed by atoms with Crippen molar-refractivity contribution in [3.63, 3.8) is 0 Å². The van der Waals surface area contributed by atoms with Crippen molar-refractivity contribution in [2.75, 3.05) is 19.6 Å². The van der Waals surface area contributed by atoms with Gasteiger partial charge in [0.15, 0.2) is 0 Å². The van der Waals surface area contributed by atoms with Crippen molar-refractivity contribution in [2.24, 2.45) is 5.92 Å². The van der Waals surface area contributed by atoms with E-state index in [1.54, 1.807) is 24.3 Å². The highest BCUT2D eigenvalue weighted by Gasteiger charge is 2.33. The van der Waals surface area contributed by atoms with Crippen molar-refractivity contribution in [1.29, 1.82) is 0 Å². The number of aliphatic hydroxyl groups excluding tert-OH is 1. The fourth-order valence-corrected chi connectivity index (χ4v) is 3.53. The molecule has 4 rings (SSSR count). The van der Waals surface area contributed by atoms with E-state index in [-0.39, 0.29) is 31.4 Å². The maximum absolute atomic E-state index is 10.2. The molecule has 2 fully saturated rings. The minimum Gasteiger partial charge on any atom is -0.481 e. The molecule has 3 atom stereocenters. The lowest BCUT2D eigenvalue weighted by Crippen LogP contribution is -2.25. The Kier molecular flexibility index (Phi) is 11.7. The second-order valence-electron chi connectivity index (χ2n) is 7.34. The van der Waals surface area contributed by atoms with E-state index >= 15 is 0 Å². The quantitative estimate of drug-likeness (QED) is 0.682. The minimum absolute atomic E-state index is 0. The number of benzene rings is 2. The van der Waals surface area contributed by atoms with Crippen molar-refractivity contribution in [3.8, 4) is 0 Å². The van der Waals surface area contributed by atoms with Crippen LogP contribution in [0.25, 0.3) is 0 Å². The van der Waals surface area contributed by atoms with Gasteiger partial charge >= 0.3 is 11.9 Å². The molecule has 6 nitrogen and oxygen atoms in total. The number of nitrogens with zero attached hydrogens (tertiary/aromatic N) is 1. The third-order valence-corrected chi connectivity index (χ3v) is 4.93. The molecular weight excluding hydrogens is 406 g/mol. The van der Waals surface area contributed by atoms with Crippen LogP contribution in [0.1, 0.15) is 24.0 Å².